The predicted molar refractivity (Wildman–Crippen MR) is 127 cm³/mol. The fraction of sp³-hybridized carbons (Fsp3) is 0.250. The number of carbonyl (C=O) groups excluding carboxylic acids is 2. The average Bonchev–Trinajstić information content (AvgIpc) is 3.47. The van der Waals surface area contributed by atoms with Crippen molar-refractivity contribution in [2.45, 2.75) is 32.9 Å². The first-order valence-corrected chi connectivity index (χ1v) is 11.9. The Morgan fingerprint density at radius 1 is 1.24 bits per heavy atom. The molecule has 0 fully saturated rings. The normalized spacial score (nSPS) is 13.2. The summed E-state index contributed by atoms with van der Waals surface area (Å²) < 4.78 is 1.76. The Kier molecular flexibility index (Phi) is 5.86. The third-order valence-electron chi connectivity index (χ3n) is 5.89. The summed E-state index contributed by atoms with van der Waals surface area (Å²) in [7, 11) is 0. The molecule has 4 aromatic rings. The van der Waals surface area contributed by atoms with Crippen LogP contribution in [0.1, 0.15) is 37.7 Å². The number of nitrogens with zero attached hydrogens (tertiary/aromatic N) is 4. The van der Waals surface area contributed by atoms with Gasteiger partial charge in [0.1, 0.15) is 11.3 Å². The number of carbonyl (C=O) groups is 2. The number of amides is 2. The lowest BCUT2D eigenvalue weighted by atomic mass is 9.94. The molecular formula is C24H22ClN5O2S. The first-order valence-electron chi connectivity index (χ1n) is 10.7. The Morgan fingerprint density at radius 3 is 2.94 bits per heavy atom. The van der Waals surface area contributed by atoms with E-state index in [1.165, 1.54) is 5.56 Å². The topological polar surface area (TPSA) is 79.6 Å². The Labute approximate surface area is 200 Å². The van der Waals surface area contributed by atoms with E-state index >= 15 is 0 Å². The lowest BCUT2D eigenvalue weighted by Gasteiger charge is -2.30. The molecule has 0 saturated heterocycles. The van der Waals surface area contributed by atoms with E-state index in [2.05, 4.69) is 15.3 Å². The van der Waals surface area contributed by atoms with E-state index in [0.29, 0.717) is 48.8 Å². The van der Waals surface area contributed by atoms with Crippen LogP contribution in [0.3, 0.4) is 0 Å². The third-order valence-corrected chi connectivity index (χ3v) is 6.99. The molecule has 0 radical (unpaired) electrons. The highest BCUT2D eigenvalue weighted by molar-refractivity contribution is 7.10. The van der Waals surface area contributed by atoms with Crippen LogP contribution < -0.4 is 5.32 Å². The van der Waals surface area contributed by atoms with Crippen molar-refractivity contribution < 1.29 is 9.59 Å². The van der Waals surface area contributed by atoms with Gasteiger partial charge in [0.2, 0.25) is 5.91 Å². The van der Waals surface area contributed by atoms with Crippen molar-refractivity contribution in [3.8, 4) is 0 Å². The van der Waals surface area contributed by atoms with Gasteiger partial charge in [0.25, 0.3) is 5.91 Å². The van der Waals surface area contributed by atoms with Gasteiger partial charge < -0.3 is 14.6 Å². The zero-order chi connectivity index (χ0) is 22.9. The molecule has 168 valence electrons. The molecule has 1 N–H and O–H groups in total. The van der Waals surface area contributed by atoms with Gasteiger partial charge in [-0.1, -0.05) is 17.7 Å². The number of hydrogen-bond acceptors (Lipinski definition) is 5. The van der Waals surface area contributed by atoms with Crippen LogP contribution in [0.25, 0.3) is 5.65 Å². The summed E-state index contributed by atoms with van der Waals surface area (Å²) in [5.41, 5.74) is 5.20. The lowest BCUT2D eigenvalue weighted by molar-refractivity contribution is -0.120. The van der Waals surface area contributed by atoms with E-state index in [0.717, 1.165) is 21.7 Å². The number of aryl methyl sites for hydroxylation is 1. The zero-order valence-corrected chi connectivity index (χ0v) is 19.6. The standard InChI is InChI=1S/C24H22ClN5O2S/c1-15-20(11-27-23(31)9-18-3-2-8-33-18)19-6-7-29(12-16(19)10-26-15)24(32)21-14-30-13-17(25)4-5-22(30)28-21/h2-5,8,10,13-14H,6-7,9,11-12H2,1H3,(H,27,31). The number of aromatic nitrogens is 3. The van der Waals surface area contributed by atoms with Gasteiger partial charge in [-0.2, -0.15) is 0 Å². The number of nitrogens with one attached hydrogen (secondary N) is 1. The van der Waals surface area contributed by atoms with Crippen LogP contribution in [0.5, 0.6) is 0 Å². The molecular weight excluding hydrogens is 458 g/mol. The highest BCUT2D eigenvalue weighted by atomic mass is 35.5. The maximum Gasteiger partial charge on any atom is 0.274 e. The van der Waals surface area contributed by atoms with Crippen LogP contribution in [0.15, 0.2) is 48.2 Å². The fourth-order valence-electron chi connectivity index (χ4n) is 4.18. The van der Waals surface area contributed by atoms with Crippen molar-refractivity contribution in [1.29, 1.82) is 0 Å². The van der Waals surface area contributed by atoms with E-state index in [4.69, 9.17) is 11.6 Å². The summed E-state index contributed by atoms with van der Waals surface area (Å²) in [5, 5.41) is 5.59. The SMILES string of the molecule is Cc1ncc2c(c1CNC(=O)Cc1cccs1)CCN(C(=O)c1cn3cc(Cl)ccc3n1)C2. The smallest absolute Gasteiger partial charge is 0.274 e. The van der Waals surface area contributed by atoms with Gasteiger partial charge in [-0.15, -0.1) is 11.3 Å². The van der Waals surface area contributed by atoms with E-state index in [-0.39, 0.29) is 11.8 Å². The highest BCUT2D eigenvalue weighted by Gasteiger charge is 2.26. The fourth-order valence-corrected chi connectivity index (χ4v) is 5.05. The number of thiophene rings is 1. The molecule has 0 spiro atoms. The minimum Gasteiger partial charge on any atom is -0.352 e. The molecule has 1 aliphatic rings. The van der Waals surface area contributed by atoms with Crippen LogP contribution >= 0.6 is 22.9 Å². The van der Waals surface area contributed by atoms with Gasteiger partial charge in [0, 0.05) is 48.8 Å². The molecule has 0 aliphatic carbocycles. The van der Waals surface area contributed by atoms with Gasteiger partial charge in [-0.3, -0.25) is 14.6 Å². The van der Waals surface area contributed by atoms with Crippen molar-refractivity contribution in [2.75, 3.05) is 6.54 Å². The third kappa shape index (κ3) is 4.49. The van der Waals surface area contributed by atoms with E-state index < -0.39 is 0 Å². The molecule has 4 aromatic heterocycles. The summed E-state index contributed by atoms with van der Waals surface area (Å²) in [6.07, 6.45) is 6.37. The summed E-state index contributed by atoms with van der Waals surface area (Å²) in [5.74, 6) is -0.124. The average molecular weight is 480 g/mol. The van der Waals surface area contributed by atoms with Crippen molar-refractivity contribution in [1.82, 2.24) is 24.6 Å². The maximum absolute atomic E-state index is 13.1. The maximum atomic E-state index is 13.1. The molecule has 9 heteroatoms. The van der Waals surface area contributed by atoms with Crippen LogP contribution in [-0.2, 0) is 30.7 Å². The Hall–Kier alpha value is -3.23. The molecule has 2 amide bonds. The number of pyridine rings is 2. The molecule has 0 saturated carbocycles. The van der Waals surface area contributed by atoms with Crippen LogP contribution in [-0.4, -0.2) is 37.6 Å². The quantitative estimate of drug-likeness (QED) is 0.472. The van der Waals surface area contributed by atoms with Gasteiger partial charge in [-0.25, -0.2) is 4.98 Å². The molecule has 7 nitrogen and oxygen atoms in total. The Bertz CT molecular complexity index is 1350. The molecule has 0 unspecified atom stereocenters. The monoisotopic (exact) mass is 479 g/mol. The molecule has 0 bridgehead atoms. The molecule has 33 heavy (non-hydrogen) atoms. The summed E-state index contributed by atoms with van der Waals surface area (Å²) >= 11 is 7.62. The summed E-state index contributed by atoms with van der Waals surface area (Å²) in [4.78, 5) is 37.3. The van der Waals surface area contributed by atoms with Crippen molar-refractivity contribution in [2.24, 2.45) is 0 Å². The lowest BCUT2D eigenvalue weighted by Crippen LogP contribution is -2.37. The molecule has 1 aliphatic heterocycles. The van der Waals surface area contributed by atoms with Gasteiger partial charge in [-0.05, 0) is 53.6 Å². The van der Waals surface area contributed by atoms with Crippen LogP contribution in [0.4, 0.5) is 0 Å². The first kappa shape index (κ1) is 21.6. The van der Waals surface area contributed by atoms with Gasteiger partial charge >= 0.3 is 0 Å². The second-order valence-corrected chi connectivity index (χ2v) is 9.54. The van der Waals surface area contributed by atoms with Crippen molar-refractivity contribution in [3.63, 3.8) is 0 Å². The number of halogens is 1. The van der Waals surface area contributed by atoms with E-state index in [1.54, 1.807) is 45.2 Å². The van der Waals surface area contributed by atoms with E-state index in [9.17, 15) is 9.59 Å². The van der Waals surface area contributed by atoms with Gasteiger partial charge in [0.05, 0.1) is 11.4 Å². The molecule has 5 rings (SSSR count). The minimum absolute atomic E-state index is 0.00554. The zero-order valence-electron chi connectivity index (χ0n) is 18.0. The molecule has 0 atom stereocenters. The highest BCUT2D eigenvalue weighted by Crippen LogP contribution is 2.25. The number of imidazole rings is 1. The second-order valence-electron chi connectivity index (χ2n) is 8.07. The van der Waals surface area contributed by atoms with Gasteiger partial charge in [0.15, 0.2) is 0 Å². The Morgan fingerprint density at radius 2 is 2.12 bits per heavy atom. The molecule has 5 heterocycles. The second kappa shape index (κ2) is 8.96. The van der Waals surface area contributed by atoms with Crippen LogP contribution in [0, 0.1) is 6.92 Å². The number of rotatable bonds is 5. The largest absolute Gasteiger partial charge is 0.352 e. The van der Waals surface area contributed by atoms with Crippen molar-refractivity contribution in [3.05, 3.63) is 86.2 Å². The number of fused-ring (bicyclic) bond motifs is 2. The predicted octanol–water partition coefficient (Wildman–Crippen LogP) is 3.81. The van der Waals surface area contributed by atoms with E-state index in [1.807, 2.05) is 30.6 Å². The minimum atomic E-state index is -0.119. The Balaban J connectivity index is 1.30. The molecule has 0 aromatic carbocycles. The first-order chi connectivity index (χ1) is 16.0. The summed E-state index contributed by atoms with van der Waals surface area (Å²) in [6.45, 7) is 3.44. The van der Waals surface area contributed by atoms with Crippen LogP contribution in [0.2, 0.25) is 5.02 Å². The number of hydrogen-bond donors (Lipinski definition) is 1. The summed E-state index contributed by atoms with van der Waals surface area (Å²) in [6, 6.07) is 7.45. The van der Waals surface area contributed by atoms with Crippen molar-refractivity contribution >= 4 is 40.4 Å².